The third kappa shape index (κ3) is 5.70. The van der Waals surface area contributed by atoms with Crippen molar-refractivity contribution in [3.8, 4) is 5.75 Å². The van der Waals surface area contributed by atoms with Gasteiger partial charge in [-0.3, -0.25) is 9.78 Å². The van der Waals surface area contributed by atoms with Crippen molar-refractivity contribution in [1.82, 2.24) is 9.88 Å². The van der Waals surface area contributed by atoms with Crippen molar-refractivity contribution in [1.29, 1.82) is 0 Å². The SMILES string of the molecule is COc1ccc2ncc(Cl)c(CCCC3CCN(CCSC4CCC4)CC3C(=O)O)c2c1. The molecule has 5 nitrogen and oxygen atoms in total. The number of benzene rings is 1. The molecule has 1 saturated carbocycles. The largest absolute Gasteiger partial charge is 0.497 e. The third-order valence-electron chi connectivity index (χ3n) is 7.11. The van der Waals surface area contributed by atoms with E-state index in [2.05, 4.69) is 21.6 Å². The van der Waals surface area contributed by atoms with Crippen molar-refractivity contribution in [3.05, 3.63) is 35.0 Å². The molecule has 2 aliphatic rings. The van der Waals surface area contributed by atoms with Crippen molar-refractivity contribution in [2.75, 3.05) is 32.5 Å². The fourth-order valence-electron chi connectivity index (χ4n) is 4.91. The molecule has 0 radical (unpaired) electrons. The first-order valence-corrected chi connectivity index (χ1v) is 13.2. The molecule has 2 atom stereocenters. The first-order chi connectivity index (χ1) is 15.5. The quantitative estimate of drug-likeness (QED) is 0.486. The molecule has 1 aliphatic carbocycles. The number of halogens is 1. The van der Waals surface area contributed by atoms with E-state index in [4.69, 9.17) is 16.3 Å². The van der Waals surface area contributed by atoms with Crippen molar-refractivity contribution >= 4 is 40.2 Å². The summed E-state index contributed by atoms with van der Waals surface area (Å²) in [6, 6.07) is 5.85. The highest BCUT2D eigenvalue weighted by Crippen LogP contribution is 2.34. The Balaban J connectivity index is 1.33. The molecular formula is C25H33ClN2O3S. The van der Waals surface area contributed by atoms with Crippen LogP contribution in [0.1, 0.15) is 44.1 Å². The van der Waals surface area contributed by atoms with Crippen LogP contribution in [-0.4, -0.2) is 58.7 Å². The second kappa shape index (κ2) is 11.1. The number of hydrogen-bond acceptors (Lipinski definition) is 5. The molecule has 1 aliphatic heterocycles. The highest BCUT2D eigenvalue weighted by atomic mass is 35.5. The van der Waals surface area contributed by atoms with Crippen molar-refractivity contribution < 1.29 is 14.6 Å². The minimum absolute atomic E-state index is 0.226. The smallest absolute Gasteiger partial charge is 0.308 e. The molecule has 0 spiro atoms. The number of piperidine rings is 1. The molecule has 1 aromatic carbocycles. The molecule has 0 amide bonds. The average molecular weight is 477 g/mol. The van der Waals surface area contributed by atoms with Crippen LogP contribution in [0.25, 0.3) is 10.9 Å². The van der Waals surface area contributed by atoms with E-state index in [0.717, 1.165) is 72.0 Å². The first-order valence-electron chi connectivity index (χ1n) is 11.7. The van der Waals surface area contributed by atoms with Crippen molar-refractivity contribution in [2.24, 2.45) is 11.8 Å². The van der Waals surface area contributed by atoms with E-state index in [1.807, 2.05) is 18.2 Å². The lowest BCUT2D eigenvalue weighted by atomic mass is 9.81. The zero-order chi connectivity index (χ0) is 22.5. The Morgan fingerprint density at radius 1 is 1.34 bits per heavy atom. The van der Waals surface area contributed by atoms with E-state index in [9.17, 15) is 9.90 Å². The van der Waals surface area contributed by atoms with Crippen LogP contribution in [0.5, 0.6) is 5.75 Å². The van der Waals surface area contributed by atoms with Crippen LogP contribution in [0.3, 0.4) is 0 Å². The number of ether oxygens (including phenoxy) is 1. The highest BCUT2D eigenvalue weighted by Gasteiger charge is 2.34. The van der Waals surface area contributed by atoms with Gasteiger partial charge < -0.3 is 14.7 Å². The van der Waals surface area contributed by atoms with Gasteiger partial charge in [0, 0.05) is 35.7 Å². The zero-order valence-corrected chi connectivity index (χ0v) is 20.3. The summed E-state index contributed by atoms with van der Waals surface area (Å²) in [6.07, 6.45) is 9.40. The summed E-state index contributed by atoms with van der Waals surface area (Å²) < 4.78 is 5.38. The maximum atomic E-state index is 12.0. The Hall–Kier alpha value is -1.50. The molecule has 1 saturated heterocycles. The Labute approximate surface area is 199 Å². The van der Waals surface area contributed by atoms with Crippen LogP contribution in [0, 0.1) is 11.8 Å². The van der Waals surface area contributed by atoms with Gasteiger partial charge in [0.1, 0.15) is 5.75 Å². The molecule has 1 aromatic heterocycles. The summed E-state index contributed by atoms with van der Waals surface area (Å²) in [7, 11) is 1.66. The summed E-state index contributed by atoms with van der Waals surface area (Å²) in [5.41, 5.74) is 1.98. The van der Waals surface area contributed by atoms with Gasteiger partial charge in [-0.15, -0.1) is 0 Å². The number of likely N-dealkylation sites (tertiary alicyclic amines) is 1. The number of aliphatic carboxylic acids is 1. The number of carbonyl (C=O) groups is 1. The number of nitrogens with zero attached hydrogens (tertiary/aromatic N) is 2. The lowest BCUT2D eigenvalue weighted by Crippen LogP contribution is -2.44. The van der Waals surface area contributed by atoms with Crippen LogP contribution in [0.15, 0.2) is 24.4 Å². The van der Waals surface area contributed by atoms with Gasteiger partial charge in [0.25, 0.3) is 0 Å². The maximum absolute atomic E-state index is 12.0. The molecule has 1 N–H and O–H groups in total. The number of carboxylic acids is 1. The van der Waals surface area contributed by atoms with Crippen LogP contribution in [0.4, 0.5) is 0 Å². The Morgan fingerprint density at radius 3 is 2.91 bits per heavy atom. The summed E-state index contributed by atoms with van der Waals surface area (Å²) in [6.45, 7) is 2.70. The minimum atomic E-state index is -0.650. The van der Waals surface area contributed by atoms with E-state index in [0.29, 0.717) is 11.6 Å². The number of aromatic nitrogens is 1. The number of carboxylic acid groups (broad SMARTS) is 1. The number of rotatable bonds is 10. The number of fused-ring (bicyclic) bond motifs is 1. The molecule has 32 heavy (non-hydrogen) atoms. The topological polar surface area (TPSA) is 62.7 Å². The van der Waals surface area contributed by atoms with Crippen LogP contribution in [0.2, 0.25) is 5.02 Å². The molecule has 174 valence electrons. The van der Waals surface area contributed by atoms with E-state index in [1.165, 1.54) is 19.3 Å². The van der Waals surface area contributed by atoms with Gasteiger partial charge in [-0.2, -0.15) is 11.8 Å². The second-order valence-corrected chi connectivity index (χ2v) is 10.9. The van der Waals surface area contributed by atoms with Gasteiger partial charge in [0.2, 0.25) is 0 Å². The third-order valence-corrected chi connectivity index (χ3v) is 8.79. The number of thioether (sulfide) groups is 1. The number of aryl methyl sites for hydroxylation is 1. The normalized spacial score (nSPS) is 22.1. The van der Waals surface area contributed by atoms with Gasteiger partial charge >= 0.3 is 5.97 Å². The van der Waals surface area contributed by atoms with Crippen LogP contribution in [-0.2, 0) is 11.2 Å². The lowest BCUT2D eigenvalue weighted by Gasteiger charge is -2.37. The lowest BCUT2D eigenvalue weighted by molar-refractivity contribution is -0.146. The van der Waals surface area contributed by atoms with Gasteiger partial charge in [0.15, 0.2) is 0 Å². The fraction of sp³-hybridized carbons (Fsp3) is 0.600. The predicted octanol–water partition coefficient (Wildman–Crippen LogP) is 5.53. The van der Waals surface area contributed by atoms with E-state index in [1.54, 1.807) is 13.3 Å². The molecule has 4 rings (SSSR count). The first kappa shape index (κ1) is 23.7. The van der Waals surface area contributed by atoms with Gasteiger partial charge in [-0.1, -0.05) is 18.0 Å². The Bertz CT molecular complexity index is 937. The number of methoxy groups -OCH3 is 1. The van der Waals surface area contributed by atoms with Gasteiger partial charge in [-0.05, 0) is 74.8 Å². The number of pyridine rings is 1. The predicted molar refractivity (Wildman–Crippen MR) is 132 cm³/mol. The van der Waals surface area contributed by atoms with Gasteiger partial charge in [0.05, 0.1) is 23.6 Å². The van der Waals surface area contributed by atoms with E-state index < -0.39 is 5.97 Å². The Morgan fingerprint density at radius 2 is 2.19 bits per heavy atom. The molecule has 2 unspecified atom stereocenters. The molecule has 2 fully saturated rings. The second-order valence-electron chi connectivity index (χ2n) is 9.08. The molecule has 0 bridgehead atoms. The van der Waals surface area contributed by atoms with Crippen molar-refractivity contribution in [2.45, 2.75) is 50.2 Å². The van der Waals surface area contributed by atoms with E-state index >= 15 is 0 Å². The fourth-order valence-corrected chi connectivity index (χ4v) is 6.52. The Kier molecular flexibility index (Phi) is 8.19. The van der Waals surface area contributed by atoms with E-state index in [-0.39, 0.29) is 11.8 Å². The minimum Gasteiger partial charge on any atom is -0.497 e. The molecule has 7 heteroatoms. The number of hydrogen-bond donors (Lipinski definition) is 1. The summed E-state index contributed by atoms with van der Waals surface area (Å²) in [5, 5.41) is 12.4. The molecule has 2 aromatic rings. The maximum Gasteiger partial charge on any atom is 0.308 e. The average Bonchev–Trinajstić information content (AvgIpc) is 2.77. The summed E-state index contributed by atoms with van der Waals surface area (Å²) in [4.78, 5) is 18.8. The highest BCUT2D eigenvalue weighted by molar-refractivity contribution is 7.99. The van der Waals surface area contributed by atoms with Crippen LogP contribution < -0.4 is 4.74 Å². The molecule has 2 heterocycles. The van der Waals surface area contributed by atoms with Gasteiger partial charge in [-0.25, -0.2) is 0 Å². The van der Waals surface area contributed by atoms with Crippen LogP contribution >= 0.6 is 23.4 Å². The monoisotopic (exact) mass is 476 g/mol. The zero-order valence-electron chi connectivity index (χ0n) is 18.8. The summed E-state index contributed by atoms with van der Waals surface area (Å²) in [5.74, 6) is 1.21. The van der Waals surface area contributed by atoms with Crippen molar-refractivity contribution in [3.63, 3.8) is 0 Å². The standard InChI is InChI=1S/C25H33ClN2O3S/c1-31-18-8-9-24-21(14-18)20(23(26)15-27-24)7-2-4-17-10-11-28(16-22(17)25(29)30)12-13-32-19-5-3-6-19/h8-9,14-15,17,19,22H,2-7,10-13,16H2,1H3,(H,29,30). The summed E-state index contributed by atoms with van der Waals surface area (Å²) >= 11 is 8.57. The molecular weight excluding hydrogens is 444 g/mol.